The number of ether oxygens (including phenoxy) is 2. The van der Waals surface area contributed by atoms with E-state index in [-0.39, 0.29) is 12.1 Å². The van der Waals surface area contributed by atoms with Crippen LogP contribution in [-0.4, -0.2) is 33.1 Å². The molecule has 7 heteroatoms. The second-order valence-corrected chi connectivity index (χ2v) is 10.5. The molecule has 1 N–H and O–H groups in total. The molecule has 0 saturated carbocycles. The normalized spacial score (nSPS) is 17.5. The molecule has 0 radical (unpaired) electrons. The van der Waals surface area contributed by atoms with Crippen LogP contribution in [0.3, 0.4) is 0 Å². The Kier molecular flexibility index (Phi) is 4.78. The van der Waals surface area contributed by atoms with Crippen LogP contribution >= 0.6 is 11.6 Å². The third-order valence-electron chi connectivity index (χ3n) is 6.54. The number of imidazole rings is 1. The Morgan fingerprint density at radius 1 is 1.15 bits per heavy atom. The predicted octanol–water partition coefficient (Wildman–Crippen LogP) is 7.00. The zero-order valence-electron chi connectivity index (χ0n) is 19.4. The average molecular weight is 476 g/mol. The number of fused-ring (bicyclic) bond motifs is 7. The minimum Gasteiger partial charge on any atom is -0.488 e. The number of benzene rings is 3. The molecule has 174 valence electrons. The summed E-state index contributed by atoms with van der Waals surface area (Å²) in [6.45, 7) is 6.82. The van der Waals surface area contributed by atoms with Gasteiger partial charge in [-0.05, 0) is 75.1 Å². The highest BCUT2D eigenvalue weighted by molar-refractivity contribution is 6.30. The van der Waals surface area contributed by atoms with E-state index in [4.69, 9.17) is 26.1 Å². The van der Waals surface area contributed by atoms with Gasteiger partial charge in [-0.25, -0.2) is 9.78 Å². The fourth-order valence-electron chi connectivity index (χ4n) is 5.08. The molecule has 2 aliphatic rings. The number of hydrogen-bond donors (Lipinski definition) is 1. The molecular weight excluding hydrogens is 450 g/mol. The second-order valence-electron chi connectivity index (χ2n) is 10.0. The number of nitrogens with one attached hydrogen (secondary N) is 1. The summed E-state index contributed by atoms with van der Waals surface area (Å²) in [4.78, 5) is 23.0. The lowest BCUT2D eigenvalue weighted by Crippen LogP contribution is -2.36. The number of carbonyl (C=O) groups is 1. The Labute approximate surface area is 202 Å². The lowest BCUT2D eigenvalue weighted by molar-refractivity contribution is 0.0219. The molecular formula is C27H26ClN3O3. The Hall–Kier alpha value is -3.25. The first-order chi connectivity index (χ1) is 16.3. The van der Waals surface area contributed by atoms with E-state index >= 15 is 0 Å². The average Bonchev–Trinajstić information content (AvgIpc) is 3.44. The van der Waals surface area contributed by atoms with Crippen LogP contribution in [0.15, 0.2) is 42.5 Å². The van der Waals surface area contributed by atoms with Gasteiger partial charge in [-0.1, -0.05) is 23.7 Å². The predicted molar refractivity (Wildman–Crippen MR) is 133 cm³/mol. The number of likely N-dealkylation sites (tertiary alicyclic amines) is 1. The Morgan fingerprint density at radius 2 is 1.94 bits per heavy atom. The number of aromatic nitrogens is 2. The summed E-state index contributed by atoms with van der Waals surface area (Å²) in [6.07, 6.45) is 1.49. The number of carbonyl (C=O) groups excluding carboxylic acids is 1. The van der Waals surface area contributed by atoms with E-state index in [9.17, 15) is 4.79 Å². The molecule has 0 spiro atoms. The molecule has 34 heavy (non-hydrogen) atoms. The van der Waals surface area contributed by atoms with E-state index in [1.807, 2.05) is 39.0 Å². The van der Waals surface area contributed by atoms with Crippen molar-refractivity contribution in [1.82, 2.24) is 14.9 Å². The van der Waals surface area contributed by atoms with E-state index in [1.165, 1.54) is 0 Å². The number of aromatic amines is 1. The first-order valence-electron chi connectivity index (χ1n) is 11.6. The molecule has 0 unspecified atom stereocenters. The summed E-state index contributed by atoms with van der Waals surface area (Å²) in [5, 5.41) is 2.77. The van der Waals surface area contributed by atoms with Gasteiger partial charge in [-0.2, -0.15) is 0 Å². The number of halogens is 1. The lowest BCUT2D eigenvalue weighted by Gasteiger charge is -2.27. The Bertz CT molecular complexity index is 1450. The maximum absolute atomic E-state index is 12.8. The Balaban J connectivity index is 1.41. The van der Waals surface area contributed by atoms with Crippen molar-refractivity contribution in [1.29, 1.82) is 0 Å². The summed E-state index contributed by atoms with van der Waals surface area (Å²) in [6, 6.07) is 14.1. The maximum atomic E-state index is 12.8. The SMILES string of the molecule is CC(C)(C)OC(=O)N1CCC[C@H]1c1nc2c(ccc3c4c(ccc32)-c2ccc(Cl)cc2CO4)[nH]1. The van der Waals surface area contributed by atoms with Crippen molar-refractivity contribution in [2.45, 2.75) is 51.9 Å². The van der Waals surface area contributed by atoms with Crippen LogP contribution in [0.5, 0.6) is 5.75 Å². The molecule has 3 aromatic carbocycles. The summed E-state index contributed by atoms with van der Waals surface area (Å²) in [5.41, 5.74) is 4.60. The van der Waals surface area contributed by atoms with Gasteiger partial charge in [0.1, 0.15) is 23.8 Å². The van der Waals surface area contributed by atoms with Crippen molar-refractivity contribution in [2.75, 3.05) is 6.54 Å². The minimum absolute atomic E-state index is 0.122. The van der Waals surface area contributed by atoms with E-state index in [1.54, 1.807) is 4.90 Å². The van der Waals surface area contributed by atoms with Gasteiger partial charge in [0, 0.05) is 27.9 Å². The van der Waals surface area contributed by atoms with E-state index in [2.05, 4.69) is 29.2 Å². The summed E-state index contributed by atoms with van der Waals surface area (Å²) >= 11 is 6.18. The first kappa shape index (κ1) is 21.3. The third kappa shape index (κ3) is 3.48. The van der Waals surface area contributed by atoms with Gasteiger partial charge in [-0.3, -0.25) is 4.90 Å². The van der Waals surface area contributed by atoms with E-state index in [0.29, 0.717) is 18.2 Å². The topological polar surface area (TPSA) is 67.4 Å². The second kappa shape index (κ2) is 7.64. The van der Waals surface area contributed by atoms with E-state index < -0.39 is 5.60 Å². The van der Waals surface area contributed by atoms with Gasteiger partial charge in [0.25, 0.3) is 0 Å². The van der Waals surface area contributed by atoms with Gasteiger partial charge in [0.15, 0.2) is 0 Å². The largest absolute Gasteiger partial charge is 0.488 e. The maximum Gasteiger partial charge on any atom is 0.410 e. The van der Waals surface area contributed by atoms with Crippen LogP contribution in [0.25, 0.3) is 32.9 Å². The van der Waals surface area contributed by atoms with Crippen molar-refractivity contribution >= 4 is 39.5 Å². The molecule has 1 atom stereocenters. The van der Waals surface area contributed by atoms with Crippen molar-refractivity contribution in [3.63, 3.8) is 0 Å². The number of hydrogen-bond acceptors (Lipinski definition) is 4. The highest BCUT2D eigenvalue weighted by Gasteiger charge is 2.35. The van der Waals surface area contributed by atoms with Crippen LogP contribution in [0.1, 0.15) is 51.0 Å². The quantitative estimate of drug-likeness (QED) is 0.322. The number of nitrogens with zero attached hydrogens (tertiary/aromatic N) is 2. The number of H-pyrrole nitrogens is 1. The summed E-state index contributed by atoms with van der Waals surface area (Å²) in [5.74, 6) is 1.67. The fraction of sp³-hybridized carbons (Fsp3) is 0.333. The van der Waals surface area contributed by atoms with Crippen LogP contribution in [0, 0.1) is 0 Å². The van der Waals surface area contributed by atoms with Crippen LogP contribution in [0.4, 0.5) is 4.79 Å². The molecule has 4 aromatic rings. The molecule has 6 rings (SSSR count). The van der Waals surface area contributed by atoms with Crippen LogP contribution < -0.4 is 4.74 Å². The number of amides is 1. The number of rotatable bonds is 1. The summed E-state index contributed by atoms with van der Waals surface area (Å²) in [7, 11) is 0. The third-order valence-corrected chi connectivity index (χ3v) is 6.78. The van der Waals surface area contributed by atoms with Crippen molar-refractivity contribution < 1.29 is 14.3 Å². The van der Waals surface area contributed by atoms with Gasteiger partial charge < -0.3 is 14.5 Å². The van der Waals surface area contributed by atoms with Gasteiger partial charge in [0.2, 0.25) is 0 Å². The lowest BCUT2D eigenvalue weighted by atomic mass is 9.94. The molecule has 2 aliphatic heterocycles. The van der Waals surface area contributed by atoms with Crippen molar-refractivity contribution in [3.8, 4) is 16.9 Å². The molecule has 0 bridgehead atoms. The Morgan fingerprint density at radius 3 is 2.76 bits per heavy atom. The van der Waals surface area contributed by atoms with Gasteiger partial charge >= 0.3 is 6.09 Å². The minimum atomic E-state index is -0.530. The molecule has 1 fully saturated rings. The van der Waals surface area contributed by atoms with E-state index in [0.717, 1.165) is 62.9 Å². The molecule has 0 aliphatic carbocycles. The summed E-state index contributed by atoms with van der Waals surface area (Å²) < 4.78 is 11.8. The smallest absolute Gasteiger partial charge is 0.410 e. The van der Waals surface area contributed by atoms with Gasteiger partial charge in [-0.15, -0.1) is 0 Å². The van der Waals surface area contributed by atoms with Crippen molar-refractivity contribution in [2.24, 2.45) is 0 Å². The molecule has 1 saturated heterocycles. The first-order valence-corrected chi connectivity index (χ1v) is 12.0. The van der Waals surface area contributed by atoms with Crippen LogP contribution in [0.2, 0.25) is 5.02 Å². The standard InChI is InChI=1S/C27H26ClN3O3/c1-27(2,3)34-26(32)31-12-4-5-22(31)25-29-21-11-10-20-18(23(21)30-25)8-9-19-17-7-6-16(28)13-15(17)14-33-24(19)20/h6-11,13,22H,4-5,12,14H2,1-3H3,(H,29,30)/t22-/m0/s1. The fourth-order valence-corrected chi connectivity index (χ4v) is 5.27. The zero-order valence-corrected chi connectivity index (χ0v) is 20.2. The molecule has 1 aromatic heterocycles. The highest BCUT2D eigenvalue weighted by atomic mass is 35.5. The molecule has 3 heterocycles. The van der Waals surface area contributed by atoms with Crippen molar-refractivity contribution in [3.05, 3.63) is 58.9 Å². The van der Waals surface area contributed by atoms with Crippen LogP contribution in [-0.2, 0) is 11.3 Å². The van der Waals surface area contributed by atoms with Gasteiger partial charge in [0.05, 0.1) is 17.1 Å². The monoisotopic (exact) mass is 475 g/mol. The highest BCUT2D eigenvalue weighted by Crippen LogP contribution is 2.44. The molecule has 1 amide bonds. The molecule has 6 nitrogen and oxygen atoms in total. The zero-order chi connectivity index (χ0) is 23.6.